The minimum atomic E-state index is 0. The molecular weight excluding hydrogens is 455 g/mol. The van der Waals surface area contributed by atoms with Crippen molar-refractivity contribution in [3.05, 3.63) is 26.9 Å². The fourth-order valence-electron chi connectivity index (χ4n) is 0.603. The Morgan fingerprint density at radius 3 is 2.55 bits per heavy atom. The molecule has 64 valence electrons. The van der Waals surface area contributed by atoms with Gasteiger partial charge in [0.2, 0.25) is 0 Å². The van der Waals surface area contributed by atoms with Crippen molar-refractivity contribution in [2.24, 2.45) is 5.73 Å². The van der Waals surface area contributed by atoms with E-state index in [1.165, 1.54) is 0 Å². The minimum absolute atomic E-state index is 0. The van der Waals surface area contributed by atoms with E-state index in [2.05, 4.69) is 36.8 Å². The Hall–Kier alpha value is 0.758. The standard InChI is InChI=1S/C6H6Br2N2.Pt/c7-4-1-2-10-5(3-9)6(4)8;/h1-2H,3,9H2;. The normalized spacial score (nSPS) is 9.00. The molecule has 0 aliphatic carbocycles. The molecule has 2 N–H and O–H groups in total. The molecule has 0 saturated carbocycles. The van der Waals surface area contributed by atoms with Crippen molar-refractivity contribution in [3.63, 3.8) is 0 Å². The number of aromatic nitrogens is 1. The maximum Gasteiger partial charge on any atom is 0.0692 e. The van der Waals surface area contributed by atoms with E-state index in [1.807, 2.05) is 6.07 Å². The van der Waals surface area contributed by atoms with Crippen LogP contribution in [0.3, 0.4) is 0 Å². The second-order valence-electron chi connectivity index (χ2n) is 1.76. The van der Waals surface area contributed by atoms with Crippen molar-refractivity contribution in [3.8, 4) is 0 Å². The molecule has 0 aliphatic heterocycles. The third kappa shape index (κ3) is 2.94. The van der Waals surface area contributed by atoms with E-state index < -0.39 is 0 Å². The van der Waals surface area contributed by atoms with Crippen LogP contribution >= 0.6 is 31.9 Å². The van der Waals surface area contributed by atoms with Crippen molar-refractivity contribution in [1.82, 2.24) is 4.98 Å². The molecule has 0 aromatic carbocycles. The van der Waals surface area contributed by atoms with Gasteiger partial charge in [-0.15, -0.1) is 0 Å². The average Bonchev–Trinajstić information content (AvgIpc) is 1.95. The average molecular weight is 461 g/mol. The molecule has 0 saturated heterocycles. The number of nitrogens with two attached hydrogens (primary N) is 1. The summed E-state index contributed by atoms with van der Waals surface area (Å²) in [5.41, 5.74) is 6.28. The van der Waals surface area contributed by atoms with Crippen LogP contribution in [0.15, 0.2) is 21.2 Å². The van der Waals surface area contributed by atoms with Crippen LogP contribution in [0.2, 0.25) is 0 Å². The molecule has 0 amide bonds. The molecule has 1 heterocycles. The molecule has 0 radical (unpaired) electrons. The Labute approximate surface area is 96.5 Å². The maximum atomic E-state index is 5.41. The quantitative estimate of drug-likeness (QED) is 0.696. The minimum Gasteiger partial charge on any atom is -0.325 e. The van der Waals surface area contributed by atoms with Crippen molar-refractivity contribution >= 4 is 31.9 Å². The van der Waals surface area contributed by atoms with E-state index in [4.69, 9.17) is 5.73 Å². The van der Waals surface area contributed by atoms with Gasteiger partial charge in [-0.1, -0.05) is 0 Å². The summed E-state index contributed by atoms with van der Waals surface area (Å²) in [5.74, 6) is 0. The van der Waals surface area contributed by atoms with Gasteiger partial charge in [-0.05, 0) is 37.9 Å². The molecule has 0 atom stereocenters. The molecular formula is C6H6Br2N2Pt. The number of pyridine rings is 1. The first-order valence-electron chi connectivity index (χ1n) is 2.74. The van der Waals surface area contributed by atoms with Gasteiger partial charge in [0.1, 0.15) is 0 Å². The third-order valence-electron chi connectivity index (χ3n) is 1.11. The van der Waals surface area contributed by atoms with Gasteiger partial charge in [0.15, 0.2) is 0 Å². The Bertz CT molecular complexity index is 242. The maximum absolute atomic E-state index is 5.41. The van der Waals surface area contributed by atoms with E-state index >= 15 is 0 Å². The van der Waals surface area contributed by atoms with Crippen molar-refractivity contribution in [2.45, 2.75) is 6.54 Å². The van der Waals surface area contributed by atoms with Gasteiger partial charge < -0.3 is 5.73 Å². The summed E-state index contributed by atoms with van der Waals surface area (Å²) in [5, 5.41) is 0. The van der Waals surface area contributed by atoms with Crippen LogP contribution in [-0.2, 0) is 27.6 Å². The van der Waals surface area contributed by atoms with Gasteiger partial charge in [0, 0.05) is 38.3 Å². The number of nitrogens with zero attached hydrogens (tertiary/aromatic N) is 1. The summed E-state index contributed by atoms with van der Waals surface area (Å²) in [6, 6.07) is 1.86. The third-order valence-corrected chi connectivity index (χ3v) is 3.19. The van der Waals surface area contributed by atoms with Crippen LogP contribution in [0.1, 0.15) is 5.69 Å². The van der Waals surface area contributed by atoms with E-state index in [0.717, 1.165) is 14.6 Å². The van der Waals surface area contributed by atoms with Crippen molar-refractivity contribution < 1.29 is 21.1 Å². The zero-order valence-electron chi connectivity index (χ0n) is 5.46. The zero-order valence-corrected chi connectivity index (χ0v) is 10.9. The molecule has 5 heteroatoms. The van der Waals surface area contributed by atoms with Crippen LogP contribution in [0.4, 0.5) is 0 Å². The predicted molar refractivity (Wildman–Crippen MR) is 47.5 cm³/mol. The van der Waals surface area contributed by atoms with Crippen molar-refractivity contribution in [2.75, 3.05) is 0 Å². The Morgan fingerprint density at radius 1 is 1.45 bits per heavy atom. The molecule has 1 aromatic heterocycles. The topological polar surface area (TPSA) is 38.9 Å². The van der Waals surface area contributed by atoms with Crippen LogP contribution in [0.25, 0.3) is 0 Å². The van der Waals surface area contributed by atoms with Crippen molar-refractivity contribution in [1.29, 1.82) is 0 Å². The first-order valence-corrected chi connectivity index (χ1v) is 4.33. The van der Waals surface area contributed by atoms with Gasteiger partial charge in [-0.25, -0.2) is 0 Å². The van der Waals surface area contributed by atoms with Gasteiger partial charge in [-0.2, -0.15) is 0 Å². The van der Waals surface area contributed by atoms with Crippen LogP contribution in [-0.4, -0.2) is 4.98 Å². The Balaban J connectivity index is 0.000001000. The summed E-state index contributed by atoms with van der Waals surface area (Å²) >= 11 is 6.70. The number of halogens is 2. The van der Waals surface area contributed by atoms with Gasteiger partial charge in [0.05, 0.1) is 10.2 Å². The molecule has 0 unspecified atom stereocenters. The summed E-state index contributed by atoms with van der Waals surface area (Å²) in [7, 11) is 0. The predicted octanol–water partition coefficient (Wildman–Crippen LogP) is 2.06. The number of hydrogen-bond acceptors (Lipinski definition) is 2. The van der Waals surface area contributed by atoms with E-state index in [1.54, 1.807) is 6.20 Å². The summed E-state index contributed by atoms with van der Waals surface area (Å²) in [6.07, 6.45) is 1.72. The second-order valence-corrected chi connectivity index (χ2v) is 3.40. The summed E-state index contributed by atoms with van der Waals surface area (Å²) in [6.45, 7) is 0.458. The van der Waals surface area contributed by atoms with Gasteiger partial charge in [-0.3, -0.25) is 4.98 Å². The Morgan fingerprint density at radius 2 is 2.09 bits per heavy atom. The van der Waals surface area contributed by atoms with Crippen LogP contribution in [0.5, 0.6) is 0 Å². The molecule has 2 nitrogen and oxygen atoms in total. The van der Waals surface area contributed by atoms with E-state index in [-0.39, 0.29) is 21.1 Å². The largest absolute Gasteiger partial charge is 0.325 e. The first-order chi connectivity index (χ1) is 4.75. The molecule has 0 spiro atoms. The second kappa shape index (κ2) is 5.41. The van der Waals surface area contributed by atoms with E-state index in [0.29, 0.717) is 6.54 Å². The molecule has 1 rings (SSSR count). The van der Waals surface area contributed by atoms with Crippen LogP contribution < -0.4 is 5.73 Å². The van der Waals surface area contributed by atoms with Crippen LogP contribution in [0, 0.1) is 0 Å². The van der Waals surface area contributed by atoms with Gasteiger partial charge >= 0.3 is 0 Å². The monoisotopic (exact) mass is 459 g/mol. The first kappa shape index (κ1) is 11.8. The molecule has 0 bridgehead atoms. The molecule has 0 aliphatic rings. The van der Waals surface area contributed by atoms with E-state index in [9.17, 15) is 0 Å². The number of hydrogen-bond donors (Lipinski definition) is 1. The Kier molecular flexibility index (Phi) is 5.79. The van der Waals surface area contributed by atoms with Gasteiger partial charge in [0.25, 0.3) is 0 Å². The SMILES string of the molecule is NCc1nccc(Br)c1Br.[Pt]. The number of rotatable bonds is 1. The fraction of sp³-hybridized carbons (Fsp3) is 0.167. The molecule has 11 heavy (non-hydrogen) atoms. The molecule has 0 fully saturated rings. The summed E-state index contributed by atoms with van der Waals surface area (Å²) < 4.78 is 1.93. The summed E-state index contributed by atoms with van der Waals surface area (Å²) in [4.78, 5) is 4.06. The smallest absolute Gasteiger partial charge is 0.0692 e. The zero-order chi connectivity index (χ0) is 7.56. The molecule has 1 aromatic rings. The fourth-order valence-corrected chi connectivity index (χ4v) is 1.35.